The van der Waals surface area contributed by atoms with Crippen molar-refractivity contribution in [3.63, 3.8) is 0 Å². The highest BCUT2D eigenvalue weighted by molar-refractivity contribution is 5.71. The average molecular weight is 1010 g/mol. The van der Waals surface area contributed by atoms with Crippen LogP contribution in [-0.4, -0.2) is 37.2 Å². The van der Waals surface area contributed by atoms with E-state index in [1.807, 2.05) is 0 Å². The van der Waals surface area contributed by atoms with E-state index >= 15 is 0 Å². The molecule has 72 heavy (non-hydrogen) atoms. The van der Waals surface area contributed by atoms with Crippen LogP contribution < -0.4 is 0 Å². The maximum absolute atomic E-state index is 12.9. The zero-order valence-corrected chi connectivity index (χ0v) is 47.7. The molecule has 0 aromatic carbocycles. The van der Waals surface area contributed by atoms with E-state index in [0.717, 1.165) is 103 Å². The molecule has 0 saturated heterocycles. The fourth-order valence-corrected chi connectivity index (χ4v) is 8.75. The Balaban J connectivity index is 4.40. The summed E-state index contributed by atoms with van der Waals surface area (Å²) in [5, 5.41) is 0. The van der Waals surface area contributed by atoms with Gasteiger partial charge in [0.15, 0.2) is 6.10 Å². The summed E-state index contributed by atoms with van der Waals surface area (Å²) >= 11 is 0. The molecule has 0 spiro atoms. The lowest BCUT2D eigenvalue weighted by atomic mass is 10.0. The van der Waals surface area contributed by atoms with Crippen LogP contribution in [0.1, 0.15) is 310 Å². The van der Waals surface area contributed by atoms with E-state index in [9.17, 15) is 14.4 Å². The van der Waals surface area contributed by atoms with Crippen molar-refractivity contribution in [1.82, 2.24) is 0 Å². The van der Waals surface area contributed by atoms with Gasteiger partial charge in [-0.1, -0.05) is 267 Å². The van der Waals surface area contributed by atoms with Gasteiger partial charge in [-0.15, -0.1) is 0 Å². The smallest absolute Gasteiger partial charge is 0.306 e. The van der Waals surface area contributed by atoms with Crippen LogP contribution in [0.15, 0.2) is 72.9 Å². The second-order valence-electron chi connectivity index (χ2n) is 20.6. The molecule has 0 aliphatic carbocycles. The Morgan fingerprint density at radius 3 is 0.806 bits per heavy atom. The minimum atomic E-state index is -0.788. The van der Waals surface area contributed by atoms with Crippen molar-refractivity contribution in [2.75, 3.05) is 13.2 Å². The highest BCUT2D eigenvalue weighted by atomic mass is 16.6. The fourth-order valence-electron chi connectivity index (χ4n) is 8.75. The van der Waals surface area contributed by atoms with Crippen molar-refractivity contribution in [3.05, 3.63) is 72.9 Å². The van der Waals surface area contributed by atoms with Gasteiger partial charge in [0.05, 0.1) is 0 Å². The van der Waals surface area contributed by atoms with Crippen LogP contribution >= 0.6 is 0 Å². The SMILES string of the molecule is CCCCC/C=C\C/C=C\C/C=C\CCCCCCCCC(=O)OC(COC(=O)CCCCCCCC/C=C\C/C=C\C/C=C\CCCCCCC)COC(=O)CCCCCCCCCCCCCCCC. The molecule has 1 atom stereocenters. The zero-order chi connectivity index (χ0) is 52.2. The van der Waals surface area contributed by atoms with Crippen LogP contribution in [0.2, 0.25) is 0 Å². The van der Waals surface area contributed by atoms with E-state index in [1.54, 1.807) is 0 Å². The number of ether oxygens (including phenoxy) is 3. The lowest BCUT2D eigenvalue weighted by Crippen LogP contribution is -2.30. The van der Waals surface area contributed by atoms with Gasteiger partial charge < -0.3 is 14.2 Å². The molecule has 0 bridgehead atoms. The van der Waals surface area contributed by atoms with Gasteiger partial charge in [0, 0.05) is 19.3 Å². The van der Waals surface area contributed by atoms with Crippen molar-refractivity contribution in [1.29, 1.82) is 0 Å². The summed E-state index contributed by atoms with van der Waals surface area (Å²) in [6, 6.07) is 0. The minimum Gasteiger partial charge on any atom is -0.462 e. The van der Waals surface area contributed by atoms with Gasteiger partial charge in [0.25, 0.3) is 0 Å². The molecule has 0 N–H and O–H groups in total. The number of carbonyl (C=O) groups excluding carboxylic acids is 3. The molecular weight excluding hydrogens is 889 g/mol. The van der Waals surface area contributed by atoms with Gasteiger partial charge in [-0.3, -0.25) is 14.4 Å². The minimum absolute atomic E-state index is 0.0828. The summed E-state index contributed by atoms with van der Waals surface area (Å²) in [5.74, 6) is -0.895. The standard InChI is InChI=1S/C66H116O6/c1-4-7-10-13-16-19-22-25-28-30-32-33-35-36-38-41-44-47-50-53-56-59-65(68)71-62-63(61-70-64(67)58-55-52-49-46-43-40-27-24-21-18-15-12-9-6-3)72-66(69)60-57-54-51-48-45-42-39-37-34-31-29-26-23-20-17-14-11-8-5-2/h17,20,22,25-26,29-30,32,34-37,63H,4-16,18-19,21,23-24,27-28,31,33,38-62H2,1-3H3/b20-17-,25-22-,29-26-,32-30-,36-35-,37-34-. The molecule has 6 nitrogen and oxygen atoms in total. The second kappa shape index (κ2) is 60.4. The molecule has 416 valence electrons. The number of hydrogen-bond donors (Lipinski definition) is 0. The highest BCUT2D eigenvalue weighted by Gasteiger charge is 2.19. The van der Waals surface area contributed by atoms with Crippen LogP contribution in [0.3, 0.4) is 0 Å². The summed E-state index contributed by atoms with van der Waals surface area (Å²) < 4.78 is 16.9. The van der Waals surface area contributed by atoms with Gasteiger partial charge in [-0.25, -0.2) is 0 Å². The monoisotopic (exact) mass is 1000 g/mol. The number of unbranched alkanes of at least 4 members (excludes halogenated alkanes) is 33. The number of esters is 3. The van der Waals surface area contributed by atoms with Gasteiger partial charge in [0.2, 0.25) is 0 Å². The van der Waals surface area contributed by atoms with Crippen LogP contribution in [0, 0.1) is 0 Å². The van der Waals surface area contributed by atoms with Crippen molar-refractivity contribution >= 4 is 17.9 Å². The predicted molar refractivity (Wildman–Crippen MR) is 311 cm³/mol. The van der Waals surface area contributed by atoms with Crippen LogP contribution in [0.5, 0.6) is 0 Å². The molecule has 0 heterocycles. The Morgan fingerprint density at radius 1 is 0.278 bits per heavy atom. The summed E-state index contributed by atoms with van der Waals surface area (Å²) in [6.45, 7) is 6.61. The maximum atomic E-state index is 12.9. The van der Waals surface area contributed by atoms with Gasteiger partial charge in [-0.2, -0.15) is 0 Å². The molecule has 0 rings (SSSR count). The van der Waals surface area contributed by atoms with E-state index in [0.29, 0.717) is 19.3 Å². The number of hydrogen-bond acceptors (Lipinski definition) is 6. The lowest BCUT2D eigenvalue weighted by Gasteiger charge is -2.18. The maximum Gasteiger partial charge on any atom is 0.306 e. The Hall–Kier alpha value is -3.15. The van der Waals surface area contributed by atoms with Gasteiger partial charge >= 0.3 is 17.9 Å². The van der Waals surface area contributed by atoms with E-state index in [-0.39, 0.29) is 31.1 Å². The van der Waals surface area contributed by atoms with Crippen LogP contribution in [-0.2, 0) is 28.6 Å². The molecule has 0 fully saturated rings. The third-order valence-corrected chi connectivity index (χ3v) is 13.4. The summed E-state index contributed by atoms with van der Waals surface area (Å²) in [5.41, 5.74) is 0. The molecule has 0 amide bonds. The first kappa shape index (κ1) is 68.8. The van der Waals surface area contributed by atoms with Gasteiger partial charge in [-0.05, 0) is 96.3 Å². The molecule has 0 aliphatic heterocycles. The molecule has 0 aromatic rings. The first-order valence-corrected chi connectivity index (χ1v) is 30.9. The summed E-state index contributed by atoms with van der Waals surface area (Å²) in [6.07, 6.45) is 77.5. The number of allylic oxidation sites excluding steroid dienone is 12. The van der Waals surface area contributed by atoms with Crippen molar-refractivity contribution in [3.8, 4) is 0 Å². The van der Waals surface area contributed by atoms with E-state index in [1.165, 1.54) is 167 Å². The Morgan fingerprint density at radius 2 is 0.500 bits per heavy atom. The predicted octanol–water partition coefficient (Wildman–Crippen LogP) is 20.9. The number of carbonyl (C=O) groups is 3. The van der Waals surface area contributed by atoms with E-state index in [4.69, 9.17) is 14.2 Å². The molecule has 0 aliphatic rings. The summed E-state index contributed by atoms with van der Waals surface area (Å²) in [7, 11) is 0. The Labute approximate surface area is 446 Å². The van der Waals surface area contributed by atoms with Crippen molar-refractivity contribution < 1.29 is 28.6 Å². The Bertz CT molecular complexity index is 1340. The van der Waals surface area contributed by atoms with E-state index in [2.05, 4.69) is 93.7 Å². The van der Waals surface area contributed by atoms with Crippen LogP contribution in [0.25, 0.3) is 0 Å². The van der Waals surface area contributed by atoms with Crippen LogP contribution in [0.4, 0.5) is 0 Å². The zero-order valence-electron chi connectivity index (χ0n) is 47.7. The fraction of sp³-hybridized carbons (Fsp3) is 0.773. The third-order valence-electron chi connectivity index (χ3n) is 13.4. The van der Waals surface area contributed by atoms with Crippen molar-refractivity contribution in [2.45, 2.75) is 316 Å². The normalized spacial score (nSPS) is 12.5. The average Bonchev–Trinajstić information content (AvgIpc) is 3.38. The molecular formula is C66H116O6. The first-order chi connectivity index (χ1) is 35.5. The molecule has 0 saturated carbocycles. The summed E-state index contributed by atoms with van der Waals surface area (Å²) in [4.78, 5) is 38.3. The topological polar surface area (TPSA) is 78.9 Å². The molecule has 6 heteroatoms. The molecule has 0 aromatic heterocycles. The Kier molecular flexibility index (Phi) is 57.8. The first-order valence-electron chi connectivity index (χ1n) is 30.9. The number of rotatable bonds is 56. The quantitative estimate of drug-likeness (QED) is 0.0261. The van der Waals surface area contributed by atoms with Gasteiger partial charge in [0.1, 0.15) is 13.2 Å². The van der Waals surface area contributed by atoms with E-state index < -0.39 is 6.10 Å². The second-order valence-corrected chi connectivity index (χ2v) is 20.6. The lowest BCUT2D eigenvalue weighted by molar-refractivity contribution is -0.167. The molecule has 0 radical (unpaired) electrons. The molecule has 1 unspecified atom stereocenters. The van der Waals surface area contributed by atoms with Crippen molar-refractivity contribution in [2.24, 2.45) is 0 Å². The highest BCUT2D eigenvalue weighted by Crippen LogP contribution is 2.16. The largest absolute Gasteiger partial charge is 0.462 e. The third kappa shape index (κ3) is 57.7.